The molecule has 1 aliphatic carbocycles. The maximum Gasteiger partial charge on any atom is 0.274 e. The van der Waals surface area contributed by atoms with Crippen LogP contribution in [-0.2, 0) is 0 Å². The third-order valence-electron chi connectivity index (χ3n) is 4.29. The van der Waals surface area contributed by atoms with Crippen LogP contribution in [0.2, 0.25) is 5.02 Å². The Labute approximate surface area is 146 Å². The highest BCUT2D eigenvalue weighted by atomic mass is 35.5. The standard InChI is InChI=1S/C18H21ClN4O/c1-12-7-8-14(9-15(12)19)23-18(24)16-10-17(21-11-20-16)22-13-5-3-2-4-6-13/h7-11,13H,2-6H2,1H3,(H,23,24)(H,20,21,22). The number of anilines is 2. The lowest BCUT2D eigenvalue weighted by Gasteiger charge is -2.23. The Balaban J connectivity index is 1.68. The largest absolute Gasteiger partial charge is 0.367 e. The monoisotopic (exact) mass is 344 g/mol. The number of aromatic nitrogens is 2. The molecule has 1 heterocycles. The molecule has 0 atom stereocenters. The molecule has 1 saturated carbocycles. The van der Waals surface area contributed by atoms with E-state index >= 15 is 0 Å². The van der Waals surface area contributed by atoms with Crippen LogP contribution in [0.25, 0.3) is 0 Å². The van der Waals surface area contributed by atoms with Crippen molar-refractivity contribution in [3.63, 3.8) is 0 Å². The molecule has 3 rings (SSSR count). The summed E-state index contributed by atoms with van der Waals surface area (Å²) in [6.45, 7) is 1.92. The summed E-state index contributed by atoms with van der Waals surface area (Å²) < 4.78 is 0. The van der Waals surface area contributed by atoms with E-state index in [4.69, 9.17) is 11.6 Å². The fourth-order valence-corrected chi connectivity index (χ4v) is 3.06. The van der Waals surface area contributed by atoms with E-state index < -0.39 is 0 Å². The number of carbonyl (C=O) groups excluding carboxylic acids is 1. The van der Waals surface area contributed by atoms with E-state index in [0.29, 0.717) is 28.3 Å². The molecule has 1 aromatic heterocycles. The summed E-state index contributed by atoms with van der Waals surface area (Å²) in [7, 11) is 0. The van der Waals surface area contributed by atoms with Gasteiger partial charge in [0.25, 0.3) is 5.91 Å². The maximum atomic E-state index is 12.4. The Morgan fingerprint density at radius 1 is 1.17 bits per heavy atom. The first-order chi connectivity index (χ1) is 11.6. The normalized spacial score (nSPS) is 15.1. The van der Waals surface area contributed by atoms with Crippen molar-refractivity contribution in [2.24, 2.45) is 0 Å². The predicted octanol–water partition coefficient (Wildman–Crippen LogP) is 4.44. The van der Waals surface area contributed by atoms with Crippen LogP contribution in [-0.4, -0.2) is 21.9 Å². The van der Waals surface area contributed by atoms with Gasteiger partial charge in [-0.2, -0.15) is 0 Å². The Bertz CT molecular complexity index is 729. The molecule has 1 fully saturated rings. The Morgan fingerprint density at radius 2 is 1.96 bits per heavy atom. The molecular weight excluding hydrogens is 324 g/mol. The zero-order chi connectivity index (χ0) is 16.9. The number of carbonyl (C=O) groups is 1. The van der Waals surface area contributed by atoms with Crippen LogP contribution >= 0.6 is 11.6 Å². The maximum absolute atomic E-state index is 12.4. The molecule has 1 amide bonds. The first-order valence-electron chi connectivity index (χ1n) is 8.28. The number of nitrogens with one attached hydrogen (secondary N) is 2. The quantitative estimate of drug-likeness (QED) is 0.860. The van der Waals surface area contributed by atoms with Gasteiger partial charge in [-0.1, -0.05) is 36.9 Å². The van der Waals surface area contributed by atoms with Crippen molar-refractivity contribution in [2.75, 3.05) is 10.6 Å². The van der Waals surface area contributed by atoms with Crippen LogP contribution in [0.5, 0.6) is 0 Å². The molecule has 0 radical (unpaired) electrons. The molecule has 0 bridgehead atoms. The minimum atomic E-state index is -0.274. The van der Waals surface area contributed by atoms with E-state index in [0.717, 1.165) is 18.4 Å². The third-order valence-corrected chi connectivity index (χ3v) is 4.69. The van der Waals surface area contributed by atoms with E-state index in [-0.39, 0.29) is 5.91 Å². The van der Waals surface area contributed by atoms with Crippen molar-refractivity contribution in [3.05, 3.63) is 46.9 Å². The first kappa shape index (κ1) is 16.7. The zero-order valence-electron chi connectivity index (χ0n) is 13.7. The summed E-state index contributed by atoms with van der Waals surface area (Å²) in [6.07, 6.45) is 7.49. The molecule has 2 aromatic rings. The molecule has 0 saturated heterocycles. The van der Waals surface area contributed by atoms with Crippen molar-refractivity contribution in [1.82, 2.24) is 9.97 Å². The van der Waals surface area contributed by atoms with Crippen LogP contribution < -0.4 is 10.6 Å². The smallest absolute Gasteiger partial charge is 0.274 e. The van der Waals surface area contributed by atoms with E-state index in [9.17, 15) is 4.79 Å². The lowest BCUT2D eigenvalue weighted by atomic mass is 9.95. The van der Waals surface area contributed by atoms with E-state index in [1.807, 2.05) is 19.1 Å². The molecule has 5 nitrogen and oxygen atoms in total. The summed E-state index contributed by atoms with van der Waals surface area (Å²) >= 11 is 6.09. The van der Waals surface area contributed by atoms with Gasteiger partial charge in [-0.3, -0.25) is 4.79 Å². The van der Waals surface area contributed by atoms with E-state index in [1.54, 1.807) is 12.1 Å². The van der Waals surface area contributed by atoms with Gasteiger partial charge in [0.05, 0.1) is 0 Å². The number of hydrogen-bond acceptors (Lipinski definition) is 4. The van der Waals surface area contributed by atoms with Gasteiger partial charge >= 0.3 is 0 Å². The van der Waals surface area contributed by atoms with Crippen LogP contribution in [0.15, 0.2) is 30.6 Å². The second-order valence-electron chi connectivity index (χ2n) is 6.19. The highest BCUT2D eigenvalue weighted by Crippen LogP contribution is 2.22. The van der Waals surface area contributed by atoms with Crippen LogP contribution in [0, 0.1) is 6.92 Å². The summed E-state index contributed by atoms with van der Waals surface area (Å²) in [5.41, 5.74) is 1.95. The summed E-state index contributed by atoms with van der Waals surface area (Å²) in [5, 5.41) is 6.84. The number of nitrogens with zero attached hydrogens (tertiary/aromatic N) is 2. The van der Waals surface area contributed by atoms with E-state index in [2.05, 4.69) is 20.6 Å². The van der Waals surface area contributed by atoms with Crippen molar-refractivity contribution < 1.29 is 4.79 Å². The highest BCUT2D eigenvalue weighted by molar-refractivity contribution is 6.31. The molecule has 0 unspecified atom stereocenters. The Kier molecular flexibility index (Phi) is 5.30. The summed E-state index contributed by atoms with van der Waals surface area (Å²) in [4.78, 5) is 20.7. The summed E-state index contributed by atoms with van der Waals surface area (Å²) in [6, 6.07) is 7.55. The predicted molar refractivity (Wildman–Crippen MR) is 96.7 cm³/mol. The molecular formula is C18H21ClN4O. The van der Waals surface area contributed by atoms with Crippen LogP contribution in [0.3, 0.4) is 0 Å². The van der Waals surface area contributed by atoms with Crippen molar-refractivity contribution in [3.8, 4) is 0 Å². The van der Waals surface area contributed by atoms with Crippen molar-refractivity contribution in [1.29, 1.82) is 0 Å². The van der Waals surface area contributed by atoms with Gasteiger partial charge in [-0.25, -0.2) is 9.97 Å². The van der Waals surface area contributed by atoms with Gasteiger partial charge in [-0.05, 0) is 37.5 Å². The van der Waals surface area contributed by atoms with Crippen LogP contribution in [0.4, 0.5) is 11.5 Å². The average molecular weight is 345 g/mol. The number of benzene rings is 1. The van der Waals surface area contributed by atoms with E-state index in [1.165, 1.54) is 25.6 Å². The topological polar surface area (TPSA) is 66.9 Å². The molecule has 0 spiro atoms. The van der Waals surface area contributed by atoms with Gasteiger partial charge in [0.15, 0.2) is 0 Å². The van der Waals surface area contributed by atoms with Gasteiger partial charge in [0.2, 0.25) is 0 Å². The fourth-order valence-electron chi connectivity index (χ4n) is 2.88. The van der Waals surface area contributed by atoms with Gasteiger partial charge in [-0.15, -0.1) is 0 Å². The molecule has 2 N–H and O–H groups in total. The average Bonchev–Trinajstić information content (AvgIpc) is 2.59. The van der Waals surface area contributed by atoms with Gasteiger partial charge in [0.1, 0.15) is 17.8 Å². The molecule has 0 aliphatic heterocycles. The van der Waals surface area contributed by atoms with Crippen molar-refractivity contribution in [2.45, 2.75) is 45.1 Å². The second kappa shape index (κ2) is 7.62. The lowest BCUT2D eigenvalue weighted by molar-refractivity contribution is 0.102. The lowest BCUT2D eigenvalue weighted by Crippen LogP contribution is -2.23. The number of amides is 1. The molecule has 126 valence electrons. The first-order valence-corrected chi connectivity index (χ1v) is 8.66. The summed E-state index contributed by atoms with van der Waals surface area (Å²) in [5.74, 6) is 0.424. The molecule has 6 heteroatoms. The zero-order valence-corrected chi connectivity index (χ0v) is 14.4. The SMILES string of the molecule is Cc1ccc(NC(=O)c2cc(NC3CCCCC3)ncn2)cc1Cl. The molecule has 1 aliphatic rings. The highest BCUT2D eigenvalue weighted by Gasteiger charge is 2.15. The molecule has 24 heavy (non-hydrogen) atoms. The molecule has 1 aromatic carbocycles. The van der Waals surface area contributed by atoms with Gasteiger partial charge in [0, 0.05) is 22.8 Å². The number of rotatable bonds is 4. The Hall–Kier alpha value is -2.14. The van der Waals surface area contributed by atoms with Gasteiger partial charge < -0.3 is 10.6 Å². The fraction of sp³-hybridized carbons (Fsp3) is 0.389. The second-order valence-corrected chi connectivity index (χ2v) is 6.59. The third kappa shape index (κ3) is 4.23. The number of halogens is 1. The minimum Gasteiger partial charge on any atom is -0.367 e. The Morgan fingerprint density at radius 3 is 2.71 bits per heavy atom. The van der Waals surface area contributed by atoms with Crippen LogP contribution in [0.1, 0.15) is 48.2 Å². The van der Waals surface area contributed by atoms with Crippen molar-refractivity contribution >= 4 is 29.0 Å². The number of hydrogen-bond donors (Lipinski definition) is 2. The minimum absolute atomic E-state index is 0.274. The number of aryl methyl sites for hydroxylation is 1.